The number of hydrogen-bond donors (Lipinski definition) is 1. The Balaban J connectivity index is 1.65. The van der Waals surface area contributed by atoms with E-state index in [0.717, 1.165) is 10.6 Å². The van der Waals surface area contributed by atoms with Gasteiger partial charge in [0.25, 0.3) is 0 Å². The molecule has 0 radical (unpaired) electrons. The number of amides is 1. The summed E-state index contributed by atoms with van der Waals surface area (Å²) in [6.45, 7) is 0.732. The van der Waals surface area contributed by atoms with Gasteiger partial charge in [-0.3, -0.25) is 4.79 Å². The number of sulfonamides is 1. The van der Waals surface area contributed by atoms with Crippen molar-refractivity contribution in [2.75, 3.05) is 24.7 Å². The van der Waals surface area contributed by atoms with Crippen molar-refractivity contribution >= 4 is 43.7 Å². The summed E-state index contributed by atoms with van der Waals surface area (Å²) in [7, 11) is -3.25. The van der Waals surface area contributed by atoms with Crippen LogP contribution in [0.2, 0.25) is 0 Å². The van der Waals surface area contributed by atoms with Gasteiger partial charge in [-0.25, -0.2) is 17.7 Å². The number of carbonyl (C=O) groups is 1. The van der Waals surface area contributed by atoms with Crippen LogP contribution in [0.1, 0.15) is 12.8 Å². The van der Waals surface area contributed by atoms with E-state index in [0.29, 0.717) is 24.5 Å². The van der Waals surface area contributed by atoms with Crippen molar-refractivity contribution in [1.82, 2.24) is 9.29 Å². The fourth-order valence-electron chi connectivity index (χ4n) is 2.53. The molecule has 0 aliphatic carbocycles. The van der Waals surface area contributed by atoms with Crippen molar-refractivity contribution in [2.24, 2.45) is 5.92 Å². The maximum absolute atomic E-state index is 12.4. The van der Waals surface area contributed by atoms with Crippen LogP contribution in [-0.4, -0.2) is 43.0 Å². The summed E-state index contributed by atoms with van der Waals surface area (Å²) in [5, 5.41) is 7.26. The number of carbonyl (C=O) groups excluding carboxylic acids is 1. The fourth-order valence-corrected chi connectivity index (χ4v) is 4.92. The Hall–Kier alpha value is -1.29. The Morgan fingerprint density at radius 1 is 1.43 bits per heavy atom. The van der Waals surface area contributed by atoms with Crippen LogP contribution in [0.25, 0.3) is 10.6 Å². The smallest absolute Gasteiger partial charge is 0.230 e. The number of nitrogens with zero attached hydrogens (tertiary/aromatic N) is 2. The second kappa shape index (κ2) is 6.68. The van der Waals surface area contributed by atoms with E-state index in [1.54, 1.807) is 11.3 Å². The molecule has 3 heterocycles. The topological polar surface area (TPSA) is 79.4 Å². The molecule has 0 saturated carbocycles. The van der Waals surface area contributed by atoms with Crippen molar-refractivity contribution < 1.29 is 13.2 Å². The standard InChI is InChI=1S/C14H17N3O3S3/c1-23(19,20)17-6-2-4-10(8-17)13(18)16-14-15-11(9-22-14)12-5-3-7-21-12/h3,5,7,9-10H,2,4,6,8H2,1H3,(H,15,16,18). The van der Waals surface area contributed by atoms with E-state index >= 15 is 0 Å². The number of thiazole rings is 1. The van der Waals surface area contributed by atoms with E-state index < -0.39 is 10.0 Å². The summed E-state index contributed by atoms with van der Waals surface area (Å²) in [6, 6.07) is 3.94. The Kier molecular flexibility index (Phi) is 4.81. The number of thiophene rings is 1. The Labute approximate surface area is 143 Å². The quantitative estimate of drug-likeness (QED) is 0.895. The predicted molar refractivity (Wildman–Crippen MR) is 93.2 cm³/mol. The van der Waals surface area contributed by atoms with Crippen LogP contribution in [0.3, 0.4) is 0 Å². The van der Waals surface area contributed by atoms with Crippen LogP contribution in [0.5, 0.6) is 0 Å². The Bertz CT molecular complexity index is 783. The van der Waals surface area contributed by atoms with Crippen LogP contribution in [0.4, 0.5) is 5.13 Å². The third-order valence-electron chi connectivity index (χ3n) is 3.73. The largest absolute Gasteiger partial charge is 0.302 e. The lowest BCUT2D eigenvalue weighted by Crippen LogP contribution is -2.43. The predicted octanol–water partition coefficient (Wildman–Crippen LogP) is 2.48. The first-order valence-corrected chi connectivity index (χ1v) is 10.8. The van der Waals surface area contributed by atoms with E-state index in [4.69, 9.17) is 0 Å². The zero-order valence-corrected chi connectivity index (χ0v) is 15.0. The molecular weight excluding hydrogens is 354 g/mol. The van der Waals surface area contributed by atoms with Gasteiger partial charge in [0.2, 0.25) is 15.9 Å². The number of hydrogen-bond acceptors (Lipinski definition) is 6. The molecule has 23 heavy (non-hydrogen) atoms. The maximum Gasteiger partial charge on any atom is 0.230 e. The van der Waals surface area contributed by atoms with Crippen molar-refractivity contribution in [3.63, 3.8) is 0 Å². The lowest BCUT2D eigenvalue weighted by Gasteiger charge is -2.29. The van der Waals surface area contributed by atoms with Gasteiger partial charge in [-0.15, -0.1) is 22.7 Å². The molecule has 2 aromatic heterocycles. The highest BCUT2D eigenvalue weighted by molar-refractivity contribution is 7.88. The molecule has 9 heteroatoms. The maximum atomic E-state index is 12.4. The minimum Gasteiger partial charge on any atom is -0.302 e. The van der Waals surface area contributed by atoms with Gasteiger partial charge in [0.05, 0.1) is 22.7 Å². The van der Waals surface area contributed by atoms with Gasteiger partial charge in [-0.2, -0.15) is 0 Å². The monoisotopic (exact) mass is 371 g/mol. The normalized spacial score (nSPS) is 19.6. The third kappa shape index (κ3) is 3.97. The molecule has 1 aliphatic heterocycles. The molecule has 0 spiro atoms. The molecular formula is C14H17N3O3S3. The second-order valence-corrected chi connectivity index (χ2v) is 9.25. The van der Waals surface area contributed by atoms with Crippen LogP contribution in [-0.2, 0) is 14.8 Å². The highest BCUT2D eigenvalue weighted by Gasteiger charge is 2.30. The van der Waals surface area contributed by atoms with E-state index in [9.17, 15) is 13.2 Å². The zero-order valence-electron chi connectivity index (χ0n) is 12.6. The van der Waals surface area contributed by atoms with Crippen molar-refractivity contribution in [1.29, 1.82) is 0 Å². The molecule has 3 rings (SSSR count). The molecule has 0 bridgehead atoms. The molecule has 1 fully saturated rings. The van der Waals surface area contributed by atoms with Crippen LogP contribution < -0.4 is 5.32 Å². The van der Waals surface area contributed by atoms with Gasteiger partial charge in [0.15, 0.2) is 5.13 Å². The summed E-state index contributed by atoms with van der Waals surface area (Å²) < 4.78 is 24.6. The summed E-state index contributed by atoms with van der Waals surface area (Å²) in [4.78, 5) is 17.9. The number of rotatable bonds is 4. The first-order chi connectivity index (χ1) is 10.9. The van der Waals surface area contributed by atoms with Gasteiger partial charge in [0, 0.05) is 18.5 Å². The molecule has 1 aliphatic rings. The molecule has 2 aromatic rings. The van der Waals surface area contributed by atoms with E-state index in [-0.39, 0.29) is 18.4 Å². The molecule has 0 aromatic carbocycles. The minimum atomic E-state index is -3.25. The first kappa shape index (κ1) is 16.6. The summed E-state index contributed by atoms with van der Waals surface area (Å²) >= 11 is 2.98. The number of anilines is 1. The van der Waals surface area contributed by atoms with Gasteiger partial charge < -0.3 is 5.32 Å². The average molecular weight is 372 g/mol. The minimum absolute atomic E-state index is 0.162. The number of aromatic nitrogens is 1. The fraction of sp³-hybridized carbons (Fsp3) is 0.429. The van der Waals surface area contributed by atoms with E-state index in [1.165, 1.54) is 21.9 Å². The highest BCUT2D eigenvalue weighted by Crippen LogP contribution is 2.29. The zero-order chi connectivity index (χ0) is 16.4. The lowest BCUT2D eigenvalue weighted by molar-refractivity contribution is -0.120. The highest BCUT2D eigenvalue weighted by atomic mass is 32.2. The van der Waals surface area contributed by atoms with Gasteiger partial charge in [-0.05, 0) is 24.3 Å². The summed E-state index contributed by atoms with van der Waals surface area (Å²) in [6.07, 6.45) is 2.58. The molecule has 1 N–H and O–H groups in total. The Morgan fingerprint density at radius 3 is 2.96 bits per heavy atom. The molecule has 124 valence electrons. The third-order valence-corrected chi connectivity index (χ3v) is 6.65. The van der Waals surface area contributed by atoms with E-state index in [1.807, 2.05) is 22.9 Å². The van der Waals surface area contributed by atoms with Crippen LogP contribution in [0.15, 0.2) is 22.9 Å². The molecule has 1 amide bonds. The molecule has 1 saturated heterocycles. The van der Waals surface area contributed by atoms with Crippen molar-refractivity contribution in [3.8, 4) is 10.6 Å². The lowest BCUT2D eigenvalue weighted by atomic mass is 9.99. The van der Waals surface area contributed by atoms with Gasteiger partial charge >= 0.3 is 0 Å². The summed E-state index contributed by atoms with van der Waals surface area (Å²) in [5.41, 5.74) is 0.849. The molecule has 1 atom stereocenters. The van der Waals surface area contributed by atoms with Crippen molar-refractivity contribution in [2.45, 2.75) is 12.8 Å². The average Bonchev–Trinajstić information content (AvgIpc) is 3.17. The van der Waals surface area contributed by atoms with Crippen LogP contribution in [0, 0.1) is 5.92 Å². The number of piperidine rings is 1. The Morgan fingerprint density at radius 2 is 2.26 bits per heavy atom. The van der Waals surface area contributed by atoms with Gasteiger partial charge in [0.1, 0.15) is 0 Å². The summed E-state index contributed by atoms with van der Waals surface area (Å²) in [5.74, 6) is -0.488. The number of nitrogens with one attached hydrogen (secondary N) is 1. The first-order valence-electron chi connectivity index (χ1n) is 7.19. The molecule has 6 nitrogen and oxygen atoms in total. The van der Waals surface area contributed by atoms with Gasteiger partial charge in [-0.1, -0.05) is 6.07 Å². The molecule has 1 unspecified atom stereocenters. The van der Waals surface area contributed by atoms with Crippen LogP contribution >= 0.6 is 22.7 Å². The van der Waals surface area contributed by atoms with E-state index in [2.05, 4.69) is 10.3 Å². The second-order valence-electron chi connectivity index (χ2n) is 5.46. The SMILES string of the molecule is CS(=O)(=O)N1CCCC(C(=O)Nc2nc(-c3cccs3)cs2)C1. The van der Waals surface area contributed by atoms with Crippen molar-refractivity contribution in [3.05, 3.63) is 22.9 Å².